The molecule has 0 bridgehead atoms. The molecule has 2 aromatic carbocycles. The zero-order valence-electron chi connectivity index (χ0n) is 29.3. The molecule has 4 aliphatic rings. The lowest BCUT2D eigenvalue weighted by atomic mass is 9.77. The van der Waals surface area contributed by atoms with Gasteiger partial charge in [-0.25, -0.2) is 0 Å². The van der Waals surface area contributed by atoms with E-state index in [0.717, 1.165) is 57.9 Å². The highest BCUT2D eigenvalue weighted by molar-refractivity contribution is 5.63. The topological polar surface area (TPSA) is 52.0 Å². The van der Waals surface area contributed by atoms with Gasteiger partial charge in [0.15, 0.2) is 0 Å². The number of fused-ring (bicyclic) bond motifs is 2. The van der Waals surface area contributed by atoms with Crippen molar-refractivity contribution in [1.82, 2.24) is 0 Å². The van der Waals surface area contributed by atoms with Gasteiger partial charge in [-0.1, -0.05) is 151 Å². The van der Waals surface area contributed by atoms with Crippen LogP contribution in [-0.4, -0.2) is 12.1 Å². The number of hydrogen-bond acceptors (Lipinski definition) is 2. The first-order valence-electron chi connectivity index (χ1n) is 18.0. The van der Waals surface area contributed by atoms with Crippen molar-refractivity contribution in [3.63, 3.8) is 0 Å². The molecule has 6 unspecified atom stereocenters. The quantitative estimate of drug-likeness (QED) is 0.175. The van der Waals surface area contributed by atoms with Crippen LogP contribution in [-0.2, 0) is 10.8 Å². The molecule has 0 aliphatic heterocycles. The normalized spacial score (nSPS) is 32.4. The molecule has 4 N–H and O–H groups in total. The molecule has 4 aliphatic carbocycles. The molecule has 2 saturated carbocycles. The number of nitrogens with two attached hydrogens (primary N) is 2. The van der Waals surface area contributed by atoms with Crippen molar-refractivity contribution in [2.45, 2.75) is 109 Å². The second kappa shape index (κ2) is 12.2. The molecule has 0 heterocycles. The molecule has 0 amide bonds. The van der Waals surface area contributed by atoms with Crippen LogP contribution in [0.4, 0.5) is 0 Å². The maximum absolute atomic E-state index is 7.29. The Bertz CT molecular complexity index is 1520. The van der Waals surface area contributed by atoms with Crippen LogP contribution in [0.3, 0.4) is 0 Å². The van der Waals surface area contributed by atoms with Crippen LogP contribution in [0.2, 0.25) is 0 Å². The summed E-state index contributed by atoms with van der Waals surface area (Å²) in [6.45, 7) is 15.0. The van der Waals surface area contributed by atoms with E-state index in [2.05, 4.69) is 138 Å². The third-order valence-electron chi connectivity index (χ3n) is 12.7. The average Bonchev–Trinajstić information content (AvgIpc) is 3.75. The molecule has 2 nitrogen and oxygen atoms in total. The smallest absolute Gasteiger partial charge is 0.0366 e. The van der Waals surface area contributed by atoms with Gasteiger partial charge in [0, 0.05) is 40.0 Å². The van der Waals surface area contributed by atoms with Gasteiger partial charge in [-0.05, 0) is 78.2 Å². The van der Waals surface area contributed by atoms with Crippen LogP contribution in [0, 0.1) is 58.2 Å². The predicted molar refractivity (Wildman–Crippen MR) is 196 cm³/mol. The highest BCUT2D eigenvalue weighted by Crippen LogP contribution is 2.74. The lowest BCUT2D eigenvalue weighted by molar-refractivity contribution is 0.383. The standard InChI is InChI=1S/C44H56N2/c1-32-22-24-38-40(3,4)43(38,30-32)36-20-10-8-16-34(36)18-14-27-42(46,26-12-7-13-29-45)28-15-19-35-17-9-11-21-37(35)44-31-33(2)23-25-39(44)41(44,5)6/h8-11,14-21,32-33,38-39H,7,12-13,26-31,45-46H2,1-6H3. The maximum Gasteiger partial charge on any atom is 0.0366 e. The van der Waals surface area contributed by atoms with Gasteiger partial charge in [0.25, 0.3) is 0 Å². The first-order valence-corrected chi connectivity index (χ1v) is 18.0. The summed E-state index contributed by atoms with van der Waals surface area (Å²) in [5.74, 6) is 16.0. The van der Waals surface area contributed by atoms with Gasteiger partial charge in [-0.3, -0.25) is 0 Å². The Labute approximate surface area is 279 Å². The van der Waals surface area contributed by atoms with Crippen molar-refractivity contribution in [3.05, 3.63) is 82.9 Å². The van der Waals surface area contributed by atoms with Crippen LogP contribution in [0.1, 0.15) is 115 Å². The predicted octanol–water partition coefficient (Wildman–Crippen LogP) is 9.28. The van der Waals surface area contributed by atoms with Gasteiger partial charge >= 0.3 is 0 Å². The number of benzene rings is 2. The summed E-state index contributed by atoms with van der Waals surface area (Å²) in [7, 11) is 0. The van der Waals surface area contributed by atoms with Crippen LogP contribution in [0.15, 0.2) is 60.7 Å². The van der Waals surface area contributed by atoms with Crippen LogP contribution in [0.5, 0.6) is 0 Å². The van der Waals surface area contributed by atoms with E-state index in [1.807, 2.05) is 0 Å². The molecule has 0 radical (unpaired) electrons. The number of hydrogen-bond donors (Lipinski definition) is 2. The fraction of sp³-hybridized carbons (Fsp3) is 0.545. The highest BCUT2D eigenvalue weighted by Gasteiger charge is 2.73. The van der Waals surface area contributed by atoms with Crippen LogP contribution < -0.4 is 11.5 Å². The molecule has 2 heteroatoms. The molecular weight excluding hydrogens is 556 g/mol. The van der Waals surface area contributed by atoms with Crippen LogP contribution in [0.25, 0.3) is 12.2 Å². The molecule has 2 aromatic rings. The van der Waals surface area contributed by atoms with Crippen LogP contribution >= 0.6 is 0 Å². The lowest BCUT2D eigenvalue weighted by Crippen LogP contribution is -2.38. The zero-order chi connectivity index (χ0) is 32.8. The van der Waals surface area contributed by atoms with Gasteiger partial charge in [-0.15, -0.1) is 0 Å². The van der Waals surface area contributed by atoms with Crippen molar-refractivity contribution >= 4 is 12.2 Å². The maximum atomic E-state index is 7.29. The molecular formula is C44H56N2. The lowest BCUT2D eigenvalue weighted by Gasteiger charge is -2.28. The molecule has 0 spiro atoms. The van der Waals surface area contributed by atoms with E-state index < -0.39 is 0 Å². The summed E-state index contributed by atoms with van der Waals surface area (Å²) in [6.07, 6.45) is 17.6. The fourth-order valence-corrected chi connectivity index (χ4v) is 9.84. The summed E-state index contributed by atoms with van der Waals surface area (Å²) in [4.78, 5) is 0. The van der Waals surface area contributed by atoms with E-state index in [9.17, 15) is 0 Å². The molecule has 6 rings (SSSR count). The molecule has 242 valence electrons. The van der Waals surface area contributed by atoms with Gasteiger partial charge in [-0.2, -0.15) is 0 Å². The Morgan fingerprint density at radius 3 is 1.61 bits per heavy atom. The summed E-state index contributed by atoms with van der Waals surface area (Å²) in [5.41, 5.74) is 19.1. The third kappa shape index (κ3) is 5.41. The van der Waals surface area contributed by atoms with E-state index in [1.54, 1.807) is 0 Å². The van der Waals surface area contributed by atoms with Crippen molar-refractivity contribution in [2.75, 3.05) is 6.54 Å². The minimum Gasteiger partial charge on any atom is -0.330 e. The summed E-state index contributed by atoms with van der Waals surface area (Å²) in [6, 6.07) is 18.1. The fourth-order valence-electron chi connectivity index (χ4n) is 9.84. The molecule has 46 heavy (non-hydrogen) atoms. The Kier molecular flexibility index (Phi) is 8.72. The Balaban J connectivity index is 1.22. The van der Waals surface area contributed by atoms with E-state index >= 15 is 0 Å². The minimum absolute atomic E-state index is 0.146. The third-order valence-corrected chi connectivity index (χ3v) is 12.7. The van der Waals surface area contributed by atoms with Crippen molar-refractivity contribution in [1.29, 1.82) is 0 Å². The van der Waals surface area contributed by atoms with Crippen molar-refractivity contribution < 1.29 is 0 Å². The number of rotatable bonds is 13. The van der Waals surface area contributed by atoms with Gasteiger partial charge < -0.3 is 11.5 Å². The van der Waals surface area contributed by atoms with E-state index in [-0.39, 0.29) is 27.2 Å². The first kappa shape index (κ1) is 32.9. The molecule has 0 aromatic heterocycles. The second-order valence-electron chi connectivity index (χ2n) is 16.4. The second-order valence-corrected chi connectivity index (χ2v) is 16.4. The zero-order valence-corrected chi connectivity index (χ0v) is 29.3. The monoisotopic (exact) mass is 612 g/mol. The minimum atomic E-state index is -0.305. The Morgan fingerprint density at radius 1 is 0.696 bits per heavy atom. The first-order chi connectivity index (χ1) is 21.9. The van der Waals surface area contributed by atoms with Crippen molar-refractivity contribution in [2.24, 2.45) is 46.0 Å². The average molecular weight is 613 g/mol. The van der Waals surface area contributed by atoms with E-state index in [0.29, 0.717) is 23.7 Å². The Morgan fingerprint density at radius 2 is 1.15 bits per heavy atom. The van der Waals surface area contributed by atoms with Gasteiger partial charge in [0.1, 0.15) is 0 Å². The van der Waals surface area contributed by atoms with Gasteiger partial charge in [0.05, 0.1) is 0 Å². The summed E-state index contributed by atoms with van der Waals surface area (Å²) < 4.78 is 0. The Hall–Kier alpha value is -3.04. The van der Waals surface area contributed by atoms with E-state index in [4.69, 9.17) is 11.5 Å². The van der Waals surface area contributed by atoms with Crippen molar-refractivity contribution in [3.8, 4) is 23.7 Å². The van der Waals surface area contributed by atoms with Gasteiger partial charge in [0.2, 0.25) is 0 Å². The molecule has 6 atom stereocenters. The number of unbranched alkanes of at least 4 members (excludes halogenated alkanes) is 2. The summed E-state index contributed by atoms with van der Waals surface area (Å²) >= 11 is 0. The van der Waals surface area contributed by atoms with E-state index in [1.165, 1.54) is 22.3 Å². The largest absolute Gasteiger partial charge is 0.330 e. The summed E-state index contributed by atoms with van der Waals surface area (Å²) in [5, 5.41) is 0. The molecule has 2 fully saturated rings. The molecule has 0 saturated heterocycles. The highest BCUT2D eigenvalue weighted by atomic mass is 14.7. The SMILES string of the molecule is CC1C#CC2C(C)(C)C2(c2ccccc2C=CCC(N)(CC=Cc2ccccc2C23CC(C)C#CC2C3(C)C)CCCCCN)C1.